The van der Waals surface area contributed by atoms with Crippen LogP contribution in [0.15, 0.2) is 59.8 Å². The molecule has 1 amide bonds. The maximum atomic E-state index is 12.3. The van der Waals surface area contributed by atoms with Crippen LogP contribution in [0.25, 0.3) is 0 Å². The molecule has 2 aromatic rings. The van der Waals surface area contributed by atoms with Crippen LogP contribution in [0.5, 0.6) is 0 Å². The molecule has 0 atom stereocenters. The first-order valence-corrected chi connectivity index (χ1v) is 10.9. The van der Waals surface area contributed by atoms with Gasteiger partial charge in [0.1, 0.15) is 5.60 Å². The van der Waals surface area contributed by atoms with E-state index in [2.05, 4.69) is 43.4 Å². The molecule has 1 N–H and O–H groups in total. The van der Waals surface area contributed by atoms with Gasteiger partial charge in [0, 0.05) is 44.5 Å². The van der Waals surface area contributed by atoms with E-state index in [1.54, 1.807) is 5.06 Å². The van der Waals surface area contributed by atoms with Crippen LogP contribution in [0.2, 0.25) is 0 Å². The van der Waals surface area contributed by atoms with Gasteiger partial charge < -0.3 is 9.68 Å². The fourth-order valence-corrected chi connectivity index (χ4v) is 4.09. The van der Waals surface area contributed by atoms with Crippen LogP contribution in [0.4, 0.5) is 10.5 Å². The quantitative estimate of drug-likeness (QED) is 0.727. The second-order valence-corrected chi connectivity index (χ2v) is 9.53. The fraction of sp³-hybridized carbons (Fsp3) is 0.440. The molecule has 0 unspecified atom stereocenters. The Labute approximate surface area is 184 Å². The van der Waals surface area contributed by atoms with Crippen molar-refractivity contribution in [2.75, 3.05) is 18.4 Å². The summed E-state index contributed by atoms with van der Waals surface area (Å²) < 4.78 is 0. The fourth-order valence-electron chi connectivity index (χ4n) is 4.09. The number of anilines is 1. The summed E-state index contributed by atoms with van der Waals surface area (Å²) in [5.74, 6) is 0. The van der Waals surface area contributed by atoms with Crippen LogP contribution >= 0.6 is 0 Å². The van der Waals surface area contributed by atoms with Gasteiger partial charge >= 0.3 is 6.09 Å². The molecular formula is C25H31N3O3. The molecule has 6 nitrogen and oxygen atoms in total. The van der Waals surface area contributed by atoms with Crippen LogP contribution in [0, 0.1) is 0 Å². The molecule has 6 heteroatoms. The van der Waals surface area contributed by atoms with Gasteiger partial charge in [-0.05, 0) is 28.7 Å². The first-order valence-electron chi connectivity index (χ1n) is 10.9. The van der Waals surface area contributed by atoms with Crippen molar-refractivity contribution in [3.63, 3.8) is 0 Å². The number of nitrogens with zero attached hydrogens (tertiary/aromatic N) is 2. The second-order valence-electron chi connectivity index (χ2n) is 9.53. The molecule has 2 aliphatic heterocycles. The highest BCUT2D eigenvalue weighted by atomic mass is 16.7. The summed E-state index contributed by atoms with van der Waals surface area (Å²) in [5.41, 5.74) is 4.09. The zero-order valence-corrected chi connectivity index (χ0v) is 18.6. The SMILES string of the molecule is CC(C)(C)c1ccc(NC(=O)ON2CCC3(CC2)CC(Cc2ccccc2)=NO3)cc1. The summed E-state index contributed by atoms with van der Waals surface area (Å²) in [6.07, 6.45) is 2.75. The summed E-state index contributed by atoms with van der Waals surface area (Å²) >= 11 is 0. The van der Waals surface area contributed by atoms with Gasteiger partial charge in [-0.15, -0.1) is 5.06 Å². The standard InChI is InChI=1S/C25H31N3O3/c1-24(2,3)20-9-11-21(12-10-20)26-23(29)30-28-15-13-25(14-16-28)18-22(27-31-25)17-19-7-5-4-6-8-19/h4-12H,13-18H2,1-3H3,(H,26,29). The minimum Gasteiger partial charge on any atom is -0.389 e. The van der Waals surface area contributed by atoms with Crippen molar-refractivity contribution in [2.45, 2.75) is 57.5 Å². The van der Waals surface area contributed by atoms with Gasteiger partial charge in [-0.3, -0.25) is 5.32 Å². The van der Waals surface area contributed by atoms with E-state index in [4.69, 9.17) is 9.68 Å². The number of rotatable bonds is 4. The molecule has 0 radical (unpaired) electrons. The molecule has 0 saturated carbocycles. The van der Waals surface area contributed by atoms with E-state index in [1.807, 2.05) is 42.5 Å². The number of piperidine rings is 1. The monoisotopic (exact) mass is 421 g/mol. The number of carbonyl (C=O) groups excluding carboxylic acids is 1. The lowest BCUT2D eigenvalue weighted by atomic mass is 9.86. The van der Waals surface area contributed by atoms with E-state index in [1.165, 1.54) is 11.1 Å². The molecule has 0 aromatic heterocycles. The molecule has 2 heterocycles. The molecule has 1 saturated heterocycles. The molecule has 1 fully saturated rings. The molecule has 4 rings (SSSR count). The first-order chi connectivity index (χ1) is 14.8. The normalized spacial score (nSPS) is 18.4. The van der Waals surface area contributed by atoms with Gasteiger partial charge in [0.2, 0.25) is 0 Å². The number of benzene rings is 2. The van der Waals surface area contributed by atoms with Crippen molar-refractivity contribution >= 4 is 17.5 Å². The van der Waals surface area contributed by atoms with Crippen molar-refractivity contribution in [3.05, 3.63) is 65.7 Å². The summed E-state index contributed by atoms with van der Waals surface area (Å²) in [5, 5.41) is 8.87. The average molecular weight is 422 g/mol. The summed E-state index contributed by atoms with van der Waals surface area (Å²) in [7, 11) is 0. The van der Waals surface area contributed by atoms with Crippen molar-refractivity contribution in [1.82, 2.24) is 5.06 Å². The lowest BCUT2D eigenvalue weighted by Crippen LogP contribution is -2.45. The van der Waals surface area contributed by atoms with E-state index in [-0.39, 0.29) is 11.0 Å². The molecule has 164 valence electrons. The number of carbonyl (C=O) groups is 1. The number of amides is 1. The van der Waals surface area contributed by atoms with Crippen LogP contribution < -0.4 is 5.32 Å². The zero-order valence-electron chi connectivity index (χ0n) is 18.6. The molecule has 0 aliphatic carbocycles. The number of hydrogen-bond donors (Lipinski definition) is 1. The van der Waals surface area contributed by atoms with Gasteiger partial charge in [-0.1, -0.05) is 68.4 Å². The summed E-state index contributed by atoms with van der Waals surface area (Å²) in [4.78, 5) is 23.7. The molecule has 2 aliphatic rings. The number of oxime groups is 1. The van der Waals surface area contributed by atoms with Crippen molar-refractivity contribution in [1.29, 1.82) is 0 Å². The van der Waals surface area contributed by atoms with E-state index in [0.717, 1.165) is 37.1 Å². The summed E-state index contributed by atoms with van der Waals surface area (Å²) in [6, 6.07) is 18.2. The van der Waals surface area contributed by atoms with Gasteiger partial charge in [0.05, 0.1) is 5.71 Å². The third-order valence-electron chi connectivity index (χ3n) is 5.99. The molecular weight excluding hydrogens is 390 g/mol. The number of hydrogen-bond acceptors (Lipinski definition) is 5. The molecule has 0 bridgehead atoms. The van der Waals surface area contributed by atoms with E-state index >= 15 is 0 Å². The van der Waals surface area contributed by atoms with Crippen LogP contribution in [0.1, 0.15) is 51.2 Å². The van der Waals surface area contributed by atoms with Crippen molar-refractivity contribution in [2.24, 2.45) is 5.16 Å². The first kappa shape index (κ1) is 21.4. The third kappa shape index (κ3) is 5.44. The largest absolute Gasteiger partial charge is 0.430 e. The van der Waals surface area contributed by atoms with Crippen molar-refractivity contribution < 1.29 is 14.5 Å². The van der Waals surface area contributed by atoms with Gasteiger partial charge in [0.15, 0.2) is 0 Å². The maximum Gasteiger partial charge on any atom is 0.430 e. The predicted molar refractivity (Wildman–Crippen MR) is 122 cm³/mol. The number of nitrogens with one attached hydrogen (secondary N) is 1. The molecule has 1 spiro atoms. The van der Waals surface area contributed by atoms with Crippen molar-refractivity contribution in [3.8, 4) is 0 Å². The van der Waals surface area contributed by atoms with Gasteiger partial charge in [-0.25, -0.2) is 4.79 Å². The highest BCUT2D eigenvalue weighted by Crippen LogP contribution is 2.35. The van der Waals surface area contributed by atoms with Crippen LogP contribution in [0.3, 0.4) is 0 Å². The highest BCUT2D eigenvalue weighted by molar-refractivity contribution is 5.88. The van der Waals surface area contributed by atoms with E-state index in [0.29, 0.717) is 13.1 Å². The van der Waals surface area contributed by atoms with E-state index in [9.17, 15) is 4.79 Å². The Morgan fingerprint density at radius 2 is 1.77 bits per heavy atom. The smallest absolute Gasteiger partial charge is 0.389 e. The summed E-state index contributed by atoms with van der Waals surface area (Å²) in [6.45, 7) is 7.75. The Hall–Kier alpha value is -2.86. The lowest BCUT2D eigenvalue weighted by Gasteiger charge is -2.35. The molecule has 2 aromatic carbocycles. The minimum atomic E-state index is -0.465. The predicted octanol–water partition coefficient (Wildman–Crippen LogP) is 5.30. The Balaban J connectivity index is 1.23. The second kappa shape index (κ2) is 8.71. The van der Waals surface area contributed by atoms with Gasteiger partial charge in [-0.2, -0.15) is 0 Å². The average Bonchev–Trinajstić information content (AvgIpc) is 3.12. The number of hydroxylamine groups is 2. The maximum absolute atomic E-state index is 12.3. The van der Waals surface area contributed by atoms with Gasteiger partial charge in [0.25, 0.3) is 0 Å². The Morgan fingerprint density at radius 3 is 2.42 bits per heavy atom. The Bertz CT molecular complexity index is 925. The highest BCUT2D eigenvalue weighted by Gasteiger charge is 2.42. The Morgan fingerprint density at radius 1 is 1.10 bits per heavy atom. The van der Waals surface area contributed by atoms with Crippen LogP contribution in [-0.4, -0.2) is 35.6 Å². The third-order valence-corrected chi connectivity index (χ3v) is 5.99. The topological polar surface area (TPSA) is 63.2 Å². The van der Waals surface area contributed by atoms with E-state index < -0.39 is 6.09 Å². The zero-order chi connectivity index (χ0) is 21.9. The van der Waals surface area contributed by atoms with Crippen LogP contribution in [-0.2, 0) is 21.5 Å². The molecule has 31 heavy (non-hydrogen) atoms. The Kier molecular flexibility index (Phi) is 6.01. The minimum absolute atomic E-state index is 0.0791. The lowest BCUT2D eigenvalue weighted by molar-refractivity contribution is -0.154.